The number of nitrogens with zero attached hydrogens (tertiary/aromatic N) is 1. The number of aromatic nitrogens is 2. The van der Waals surface area contributed by atoms with Crippen molar-refractivity contribution in [3.8, 4) is 0 Å². The first-order valence-corrected chi connectivity index (χ1v) is 7.71. The van der Waals surface area contributed by atoms with E-state index in [4.69, 9.17) is 4.74 Å². The molecule has 5 heteroatoms. The zero-order chi connectivity index (χ0) is 15.5. The van der Waals surface area contributed by atoms with Crippen molar-refractivity contribution in [2.24, 2.45) is 0 Å². The third-order valence-electron chi connectivity index (χ3n) is 4.22. The topological polar surface area (TPSA) is 64.1 Å². The van der Waals surface area contributed by atoms with E-state index in [1.807, 2.05) is 25.1 Å². The highest BCUT2D eigenvalue weighted by Gasteiger charge is 2.27. The van der Waals surface area contributed by atoms with Gasteiger partial charge >= 0.3 is 5.69 Å². The maximum atomic E-state index is 12.2. The largest absolute Gasteiger partial charge is 0.361 e. The quantitative estimate of drug-likeness (QED) is 0.939. The molecule has 3 rings (SSSR count). The number of benzene rings is 1. The molecule has 0 aliphatic heterocycles. The Bertz CT molecular complexity index is 762. The molecule has 22 heavy (non-hydrogen) atoms. The van der Waals surface area contributed by atoms with Gasteiger partial charge in [-0.25, -0.2) is 4.79 Å². The van der Waals surface area contributed by atoms with Crippen LogP contribution in [0.2, 0.25) is 0 Å². The van der Waals surface area contributed by atoms with Gasteiger partial charge in [0.25, 0.3) is 5.56 Å². The van der Waals surface area contributed by atoms with E-state index in [1.165, 1.54) is 0 Å². The Morgan fingerprint density at radius 3 is 2.77 bits per heavy atom. The Balaban J connectivity index is 2.18. The molecule has 1 atom stereocenters. The molecule has 116 valence electrons. The Morgan fingerprint density at radius 2 is 2.05 bits per heavy atom. The number of hydrogen-bond donors (Lipinski definition) is 1. The zero-order valence-electron chi connectivity index (χ0n) is 12.7. The molecule has 1 aliphatic rings. The van der Waals surface area contributed by atoms with Crippen molar-refractivity contribution >= 4 is 0 Å². The number of H-pyrrole nitrogens is 1. The first-order chi connectivity index (χ1) is 10.7. The van der Waals surface area contributed by atoms with Crippen molar-refractivity contribution < 1.29 is 4.74 Å². The van der Waals surface area contributed by atoms with Crippen LogP contribution in [0.3, 0.4) is 0 Å². The maximum absolute atomic E-state index is 12.2. The zero-order valence-corrected chi connectivity index (χ0v) is 12.7. The summed E-state index contributed by atoms with van der Waals surface area (Å²) in [5, 5.41) is 0. The average molecular weight is 300 g/mol. The minimum Gasteiger partial charge on any atom is -0.361 e. The van der Waals surface area contributed by atoms with Crippen molar-refractivity contribution in [3.63, 3.8) is 0 Å². The van der Waals surface area contributed by atoms with Crippen LogP contribution in [-0.2, 0) is 17.9 Å². The first-order valence-electron chi connectivity index (χ1n) is 7.71. The van der Waals surface area contributed by atoms with E-state index in [9.17, 15) is 9.59 Å². The summed E-state index contributed by atoms with van der Waals surface area (Å²) in [5.41, 5.74) is 2.03. The van der Waals surface area contributed by atoms with Crippen LogP contribution in [0.5, 0.6) is 0 Å². The van der Waals surface area contributed by atoms with Gasteiger partial charge in [0.15, 0.2) is 0 Å². The second-order valence-electron chi connectivity index (χ2n) is 5.53. The van der Waals surface area contributed by atoms with Gasteiger partial charge in [0.05, 0.1) is 0 Å². The predicted octanol–water partition coefficient (Wildman–Crippen LogP) is 2.00. The number of hydrogen-bond acceptors (Lipinski definition) is 3. The van der Waals surface area contributed by atoms with Gasteiger partial charge < -0.3 is 4.74 Å². The molecule has 1 unspecified atom stereocenters. The van der Waals surface area contributed by atoms with Crippen molar-refractivity contribution in [2.45, 2.75) is 38.8 Å². The van der Waals surface area contributed by atoms with Gasteiger partial charge in [-0.3, -0.25) is 14.3 Å². The number of rotatable bonds is 4. The summed E-state index contributed by atoms with van der Waals surface area (Å²) in [7, 11) is 0. The van der Waals surface area contributed by atoms with E-state index in [0.29, 0.717) is 13.0 Å². The predicted molar refractivity (Wildman–Crippen MR) is 84.2 cm³/mol. The van der Waals surface area contributed by atoms with E-state index >= 15 is 0 Å². The second kappa shape index (κ2) is 6.32. The molecular weight excluding hydrogens is 280 g/mol. The molecule has 1 aliphatic carbocycles. The summed E-state index contributed by atoms with van der Waals surface area (Å²) >= 11 is 0. The summed E-state index contributed by atoms with van der Waals surface area (Å²) < 4.78 is 7.01. The van der Waals surface area contributed by atoms with Gasteiger partial charge in [0, 0.05) is 23.8 Å². The highest BCUT2D eigenvalue weighted by atomic mass is 16.5. The normalized spacial score (nSPS) is 17.2. The fourth-order valence-electron chi connectivity index (χ4n) is 3.21. The number of ether oxygens (including phenoxy) is 1. The number of nitrogens with one attached hydrogen (secondary N) is 1. The van der Waals surface area contributed by atoms with Crippen molar-refractivity contribution in [2.75, 3.05) is 6.61 Å². The van der Waals surface area contributed by atoms with Crippen LogP contribution in [0.15, 0.2) is 39.9 Å². The molecule has 5 nitrogen and oxygen atoms in total. The van der Waals surface area contributed by atoms with E-state index in [1.54, 1.807) is 4.57 Å². The summed E-state index contributed by atoms with van der Waals surface area (Å²) in [4.78, 5) is 26.8. The third kappa shape index (κ3) is 2.64. The molecule has 0 spiro atoms. The Labute approximate surface area is 128 Å². The molecule has 1 N–H and O–H groups in total. The summed E-state index contributed by atoms with van der Waals surface area (Å²) in [6, 6.07) is 10.1. The highest BCUT2D eigenvalue weighted by Crippen LogP contribution is 2.34. The van der Waals surface area contributed by atoms with Crippen LogP contribution in [0.1, 0.15) is 42.5 Å². The van der Waals surface area contributed by atoms with E-state index in [0.717, 1.165) is 29.7 Å². The molecule has 0 saturated carbocycles. The van der Waals surface area contributed by atoms with E-state index in [-0.39, 0.29) is 23.9 Å². The van der Waals surface area contributed by atoms with Crippen LogP contribution in [-0.4, -0.2) is 16.2 Å². The van der Waals surface area contributed by atoms with Crippen molar-refractivity contribution in [1.29, 1.82) is 0 Å². The fourth-order valence-corrected chi connectivity index (χ4v) is 3.21. The van der Waals surface area contributed by atoms with Crippen LogP contribution in [0.25, 0.3) is 0 Å². The summed E-state index contributed by atoms with van der Waals surface area (Å²) in [5.74, 6) is 0.0698. The van der Waals surface area contributed by atoms with Gasteiger partial charge in [-0.2, -0.15) is 0 Å². The Kier molecular flexibility index (Phi) is 4.24. The lowest BCUT2D eigenvalue weighted by Crippen LogP contribution is -2.38. The van der Waals surface area contributed by atoms with Crippen LogP contribution >= 0.6 is 0 Å². The van der Waals surface area contributed by atoms with Gasteiger partial charge in [0.2, 0.25) is 0 Å². The lowest BCUT2D eigenvalue weighted by Gasteiger charge is -2.28. The molecule has 1 aromatic carbocycles. The smallest absolute Gasteiger partial charge is 0.330 e. The molecule has 1 heterocycles. The number of aromatic amines is 1. The lowest BCUT2D eigenvalue weighted by molar-refractivity contribution is 0.0809. The fraction of sp³-hybridized carbons (Fsp3) is 0.412. The van der Waals surface area contributed by atoms with Crippen molar-refractivity contribution in [1.82, 2.24) is 9.55 Å². The molecule has 2 aromatic rings. The third-order valence-corrected chi connectivity index (χ3v) is 4.22. The van der Waals surface area contributed by atoms with Gasteiger partial charge in [-0.05, 0) is 31.7 Å². The molecule has 1 aromatic heterocycles. The van der Waals surface area contributed by atoms with Crippen molar-refractivity contribution in [3.05, 3.63) is 68.0 Å². The maximum Gasteiger partial charge on any atom is 0.330 e. The molecule has 0 amide bonds. The highest BCUT2D eigenvalue weighted by molar-refractivity contribution is 5.35. The molecule has 0 fully saturated rings. The average Bonchev–Trinajstić information content (AvgIpc) is 2.55. The Morgan fingerprint density at radius 1 is 1.27 bits per heavy atom. The van der Waals surface area contributed by atoms with Gasteiger partial charge in [-0.1, -0.05) is 30.3 Å². The van der Waals surface area contributed by atoms with Gasteiger partial charge in [-0.15, -0.1) is 0 Å². The van der Waals surface area contributed by atoms with E-state index in [2.05, 4.69) is 17.1 Å². The van der Waals surface area contributed by atoms with E-state index < -0.39 is 0 Å². The first kappa shape index (κ1) is 14.8. The molecule has 0 radical (unpaired) electrons. The SMILES string of the molecule is CCOCn1c2c(c(=O)[nH]c1=O)CCCC2c1ccccc1. The lowest BCUT2D eigenvalue weighted by atomic mass is 9.82. The van der Waals surface area contributed by atoms with Crippen LogP contribution < -0.4 is 11.2 Å². The summed E-state index contributed by atoms with van der Waals surface area (Å²) in [6.07, 6.45) is 2.59. The Hall–Kier alpha value is -2.14. The molecule has 0 saturated heterocycles. The monoisotopic (exact) mass is 300 g/mol. The number of fused-ring (bicyclic) bond motifs is 1. The molecule has 0 bridgehead atoms. The minimum absolute atomic E-state index is 0.0698. The summed E-state index contributed by atoms with van der Waals surface area (Å²) in [6.45, 7) is 2.59. The second-order valence-corrected chi connectivity index (χ2v) is 5.53. The molecular formula is C17H20N2O3. The standard InChI is InChI=1S/C17H20N2O3/c1-2-22-11-19-15-13(12-7-4-3-5-8-12)9-6-10-14(15)16(20)18-17(19)21/h3-5,7-8,13H,2,6,9-11H2,1H3,(H,18,20,21). The minimum atomic E-state index is -0.389. The van der Waals surface area contributed by atoms with Gasteiger partial charge in [0.1, 0.15) is 6.73 Å². The van der Waals surface area contributed by atoms with Crippen LogP contribution in [0.4, 0.5) is 0 Å². The van der Waals surface area contributed by atoms with Crippen LogP contribution in [0, 0.1) is 0 Å².